The molecule has 1 aromatic rings. The van der Waals surface area contributed by atoms with E-state index in [1.54, 1.807) is 4.90 Å². The summed E-state index contributed by atoms with van der Waals surface area (Å²) in [5.41, 5.74) is 1.37. The number of carbonyl (C=O) groups is 2. The van der Waals surface area contributed by atoms with Crippen LogP contribution in [0.2, 0.25) is 0 Å². The molecule has 1 aliphatic heterocycles. The fraction of sp³-hybridized carbons (Fsp3) is 0.688. The number of fused-ring (bicyclic) bond motifs is 1. The van der Waals surface area contributed by atoms with Crippen LogP contribution in [0.1, 0.15) is 67.3 Å². The van der Waals surface area contributed by atoms with Crippen molar-refractivity contribution < 1.29 is 9.59 Å². The quantitative estimate of drug-likeness (QED) is 0.902. The molecule has 2 amide bonds. The van der Waals surface area contributed by atoms with Crippen molar-refractivity contribution in [3.05, 3.63) is 17.2 Å². The maximum atomic E-state index is 12.7. The van der Waals surface area contributed by atoms with E-state index in [0.717, 1.165) is 31.5 Å². The highest BCUT2D eigenvalue weighted by Gasteiger charge is 2.29. The van der Waals surface area contributed by atoms with Crippen molar-refractivity contribution in [2.24, 2.45) is 0 Å². The smallest absolute Gasteiger partial charge is 0.287 e. The Morgan fingerprint density at radius 2 is 1.95 bits per heavy atom. The summed E-state index contributed by atoms with van der Waals surface area (Å²) in [5.74, 6) is 0.106. The standard InChI is InChI=1S/C16H26N4O2/c1-5-19(6-2)16(22)13-12-9-7-8-10-20(12)14(18-13)15(21)17-11(3)4/h11H,5-10H2,1-4H3,(H,17,21). The zero-order valence-corrected chi connectivity index (χ0v) is 14.0. The highest BCUT2D eigenvalue weighted by Crippen LogP contribution is 2.22. The second-order valence-electron chi connectivity index (χ2n) is 5.95. The second-order valence-corrected chi connectivity index (χ2v) is 5.95. The Balaban J connectivity index is 2.41. The van der Waals surface area contributed by atoms with Crippen molar-refractivity contribution >= 4 is 11.8 Å². The lowest BCUT2D eigenvalue weighted by Crippen LogP contribution is -2.33. The van der Waals surface area contributed by atoms with Gasteiger partial charge in [0.15, 0.2) is 5.82 Å². The third-order valence-corrected chi connectivity index (χ3v) is 3.99. The van der Waals surface area contributed by atoms with Gasteiger partial charge in [-0.2, -0.15) is 0 Å². The molecule has 6 heteroatoms. The molecule has 0 bridgehead atoms. The molecule has 122 valence electrons. The van der Waals surface area contributed by atoms with Gasteiger partial charge < -0.3 is 14.8 Å². The van der Waals surface area contributed by atoms with Crippen LogP contribution in [0.25, 0.3) is 0 Å². The molecular formula is C16H26N4O2. The topological polar surface area (TPSA) is 67.2 Å². The molecule has 0 spiro atoms. The van der Waals surface area contributed by atoms with E-state index in [1.807, 2.05) is 32.3 Å². The van der Waals surface area contributed by atoms with Crippen molar-refractivity contribution in [3.63, 3.8) is 0 Å². The summed E-state index contributed by atoms with van der Waals surface area (Å²) in [5, 5.41) is 2.87. The van der Waals surface area contributed by atoms with Crippen molar-refractivity contribution in [2.45, 2.75) is 59.5 Å². The van der Waals surface area contributed by atoms with Crippen molar-refractivity contribution in [2.75, 3.05) is 13.1 Å². The number of imidazole rings is 1. The van der Waals surface area contributed by atoms with E-state index in [1.165, 1.54) is 0 Å². The maximum Gasteiger partial charge on any atom is 0.287 e. The lowest BCUT2D eigenvalue weighted by atomic mass is 10.1. The van der Waals surface area contributed by atoms with Crippen LogP contribution in [0.15, 0.2) is 0 Å². The summed E-state index contributed by atoms with van der Waals surface area (Å²) in [6.07, 6.45) is 2.87. The minimum Gasteiger partial charge on any atom is -0.347 e. The van der Waals surface area contributed by atoms with Crippen molar-refractivity contribution in [1.29, 1.82) is 0 Å². The van der Waals surface area contributed by atoms with Crippen LogP contribution in [0.5, 0.6) is 0 Å². The average Bonchev–Trinajstić information content (AvgIpc) is 2.87. The number of hydrogen-bond acceptors (Lipinski definition) is 3. The summed E-state index contributed by atoms with van der Waals surface area (Å²) >= 11 is 0. The van der Waals surface area contributed by atoms with Gasteiger partial charge in [0, 0.05) is 25.7 Å². The SMILES string of the molecule is CCN(CC)C(=O)c1nc(C(=O)NC(C)C)n2c1CCCC2. The van der Waals surface area contributed by atoms with Gasteiger partial charge in [-0.15, -0.1) is 0 Å². The van der Waals surface area contributed by atoms with Crippen LogP contribution in [0, 0.1) is 0 Å². The third kappa shape index (κ3) is 3.15. The minimum atomic E-state index is -0.197. The molecule has 0 unspecified atom stereocenters. The fourth-order valence-corrected chi connectivity index (χ4v) is 2.87. The maximum absolute atomic E-state index is 12.7. The first-order valence-electron chi connectivity index (χ1n) is 8.19. The van der Waals surface area contributed by atoms with Gasteiger partial charge in [0.25, 0.3) is 11.8 Å². The van der Waals surface area contributed by atoms with E-state index >= 15 is 0 Å². The first-order valence-corrected chi connectivity index (χ1v) is 8.19. The molecule has 0 atom stereocenters. The van der Waals surface area contributed by atoms with E-state index in [2.05, 4.69) is 10.3 Å². The molecule has 0 radical (unpaired) electrons. The first kappa shape index (κ1) is 16.5. The lowest BCUT2D eigenvalue weighted by molar-refractivity contribution is 0.0766. The Labute approximate surface area is 131 Å². The monoisotopic (exact) mass is 306 g/mol. The van der Waals surface area contributed by atoms with Crippen LogP contribution in [0.3, 0.4) is 0 Å². The lowest BCUT2D eigenvalue weighted by Gasteiger charge is -2.20. The Hall–Kier alpha value is -1.85. The summed E-state index contributed by atoms with van der Waals surface area (Å²) in [6, 6.07) is 0.0472. The number of carbonyl (C=O) groups excluding carboxylic acids is 2. The number of rotatable bonds is 5. The van der Waals surface area contributed by atoms with Crippen LogP contribution in [-0.2, 0) is 13.0 Å². The van der Waals surface area contributed by atoms with Crippen molar-refractivity contribution in [1.82, 2.24) is 19.8 Å². The molecule has 1 aromatic heterocycles. The van der Waals surface area contributed by atoms with Gasteiger partial charge in [0.1, 0.15) is 5.69 Å². The van der Waals surface area contributed by atoms with Crippen molar-refractivity contribution in [3.8, 4) is 0 Å². The summed E-state index contributed by atoms with van der Waals surface area (Å²) in [4.78, 5) is 31.2. The zero-order valence-electron chi connectivity index (χ0n) is 14.0. The second kappa shape index (κ2) is 6.94. The number of hydrogen-bond donors (Lipinski definition) is 1. The molecule has 0 fully saturated rings. The van der Waals surface area contributed by atoms with Gasteiger partial charge in [0.2, 0.25) is 0 Å². The molecule has 0 saturated heterocycles. The summed E-state index contributed by atoms with van der Waals surface area (Å²) in [6.45, 7) is 9.80. The highest BCUT2D eigenvalue weighted by molar-refractivity contribution is 5.97. The van der Waals surface area contributed by atoms with Gasteiger partial charge in [0.05, 0.1) is 5.69 Å². The molecule has 6 nitrogen and oxygen atoms in total. The molecule has 2 heterocycles. The Morgan fingerprint density at radius 1 is 1.27 bits per heavy atom. The van der Waals surface area contributed by atoms with E-state index in [4.69, 9.17) is 0 Å². The average molecular weight is 306 g/mol. The van der Waals surface area contributed by atoms with E-state index in [0.29, 0.717) is 24.6 Å². The van der Waals surface area contributed by atoms with Gasteiger partial charge >= 0.3 is 0 Å². The summed E-state index contributed by atoms with van der Waals surface area (Å²) < 4.78 is 1.93. The van der Waals surface area contributed by atoms with Gasteiger partial charge in [-0.05, 0) is 47.0 Å². The fourth-order valence-electron chi connectivity index (χ4n) is 2.87. The molecule has 0 saturated carbocycles. The number of nitrogens with zero attached hydrogens (tertiary/aromatic N) is 3. The normalized spacial score (nSPS) is 13.9. The molecule has 2 rings (SSSR count). The third-order valence-electron chi connectivity index (χ3n) is 3.99. The molecular weight excluding hydrogens is 280 g/mol. The zero-order chi connectivity index (χ0) is 16.3. The molecule has 0 aliphatic carbocycles. The number of nitrogens with one attached hydrogen (secondary N) is 1. The summed E-state index contributed by atoms with van der Waals surface area (Å²) in [7, 11) is 0. The van der Waals surface area contributed by atoms with Crippen LogP contribution in [0.4, 0.5) is 0 Å². The van der Waals surface area contributed by atoms with E-state index in [9.17, 15) is 9.59 Å². The minimum absolute atomic E-state index is 0.0472. The highest BCUT2D eigenvalue weighted by atomic mass is 16.2. The Bertz CT molecular complexity index is 559. The Kier molecular flexibility index (Phi) is 5.21. The largest absolute Gasteiger partial charge is 0.347 e. The molecule has 1 N–H and O–H groups in total. The number of aromatic nitrogens is 2. The molecule has 1 aliphatic rings. The number of amides is 2. The first-order chi connectivity index (χ1) is 10.5. The van der Waals surface area contributed by atoms with E-state index in [-0.39, 0.29) is 17.9 Å². The van der Waals surface area contributed by atoms with Crippen LogP contribution >= 0.6 is 0 Å². The van der Waals surface area contributed by atoms with Gasteiger partial charge in [-0.3, -0.25) is 9.59 Å². The Morgan fingerprint density at radius 3 is 2.55 bits per heavy atom. The van der Waals surface area contributed by atoms with E-state index < -0.39 is 0 Å². The molecule has 22 heavy (non-hydrogen) atoms. The van der Waals surface area contributed by atoms with Gasteiger partial charge in [-0.1, -0.05) is 0 Å². The van der Waals surface area contributed by atoms with Crippen LogP contribution < -0.4 is 5.32 Å². The predicted octanol–water partition coefficient (Wildman–Crippen LogP) is 1.84. The predicted molar refractivity (Wildman–Crippen MR) is 85.0 cm³/mol. The molecule has 0 aromatic carbocycles. The van der Waals surface area contributed by atoms with Gasteiger partial charge in [-0.25, -0.2) is 4.98 Å². The van der Waals surface area contributed by atoms with Crippen LogP contribution in [-0.4, -0.2) is 45.4 Å².